The second kappa shape index (κ2) is 5.87. The van der Waals surface area contributed by atoms with Crippen molar-refractivity contribution in [2.24, 2.45) is 10.7 Å². The molecule has 0 unspecified atom stereocenters. The number of fused-ring (bicyclic) bond motifs is 1. The molecule has 0 amide bonds. The van der Waals surface area contributed by atoms with Gasteiger partial charge in [0.25, 0.3) is 0 Å². The molecule has 7 heteroatoms. The molecule has 3 heterocycles. The van der Waals surface area contributed by atoms with Crippen molar-refractivity contribution >= 4 is 11.6 Å². The monoisotopic (exact) mass is 274 g/mol. The highest BCUT2D eigenvalue weighted by atomic mass is 16.5. The van der Waals surface area contributed by atoms with Crippen LogP contribution in [-0.2, 0) is 11.2 Å². The number of morpholine rings is 1. The van der Waals surface area contributed by atoms with Gasteiger partial charge < -0.3 is 15.4 Å². The molecule has 7 nitrogen and oxygen atoms in total. The van der Waals surface area contributed by atoms with Crippen LogP contribution in [0, 0.1) is 0 Å². The summed E-state index contributed by atoms with van der Waals surface area (Å²) in [6.45, 7) is 3.65. The third-order valence-corrected chi connectivity index (χ3v) is 3.33. The standard InChI is InChI=1S/C13H18N6O/c14-13(18-7-9-20-10-8-18)15-5-4-12-17-16-11-3-1-2-6-19(11)12/h1-3,6H,4-5,7-10H2,(H2,14,15). The van der Waals surface area contributed by atoms with Gasteiger partial charge in [-0.15, -0.1) is 10.2 Å². The lowest BCUT2D eigenvalue weighted by atomic mass is 10.4. The summed E-state index contributed by atoms with van der Waals surface area (Å²) in [6.07, 6.45) is 2.68. The van der Waals surface area contributed by atoms with E-state index in [0.717, 1.165) is 31.0 Å². The first-order valence-corrected chi connectivity index (χ1v) is 6.76. The zero-order valence-electron chi connectivity index (χ0n) is 11.3. The van der Waals surface area contributed by atoms with Gasteiger partial charge in [-0.3, -0.25) is 9.39 Å². The van der Waals surface area contributed by atoms with Gasteiger partial charge in [0.1, 0.15) is 5.82 Å². The lowest BCUT2D eigenvalue weighted by molar-refractivity contribution is 0.0674. The van der Waals surface area contributed by atoms with Gasteiger partial charge in [0.2, 0.25) is 0 Å². The molecule has 0 saturated carbocycles. The van der Waals surface area contributed by atoms with E-state index in [1.54, 1.807) is 0 Å². The van der Waals surface area contributed by atoms with Crippen molar-refractivity contribution in [1.29, 1.82) is 0 Å². The molecule has 0 radical (unpaired) electrons. The van der Waals surface area contributed by atoms with Crippen molar-refractivity contribution in [3.05, 3.63) is 30.2 Å². The second-order valence-electron chi connectivity index (χ2n) is 4.63. The Morgan fingerprint density at radius 2 is 2.15 bits per heavy atom. The van der Waals surface area contributed by atoms with Crippen LogP contribution >= 0.6 is 0 Å². The Morgan fingerprint density at radius 1 is 1.30 bits per heavy atom. The van der Waals surface area contributed by atoms with E-state index in [4.69, 9.17) is 10.5 Å². The molecule has 3 rings (SSSR count). The molecule has 1 aliphatic rings. The lowest BCUT2D eigenvalue weighted by Gasteiger charge is -2.27. The molecule has 0 spiro atoms. The average Bonchev–Trinajstić information content (AvgIpc) is 2.92. The molecule has 2 aromatic rings. The minimum atomic E-state index is 0.585. The SMILES string of the molecule is NC(=NCCc1nnc2ccccn12)N1CCOCC1. The van der Waals surface area contributed by atoms with E-state index in [1.165, 1.54) is 0 Å². The van der Waals surface area contributed by atoms with Crippen LogP contribution in [-0.4, -0.2) is 58.3 Å². The smallest absolute Gasteiger partial charge is 0.191 e. The van der Waals surface area contributed by atoms with Crippen LogP contribution in [0.15, 0.2) is 29.4 Å². The average molecular weight is 274 g/mol. The molecule has 0 atom stereocenters. The van der Waals surface area contributed by atoms with Gasteiger partial charge in [0.15, 0.2) is 11.6 Å². The number of hydrogen-bond acceptors (Lipinski definition) is 4. The van der Waals surface area contributed by atoms with E-state index in [-0.39, 0.29) is 0 Å². The van der Waals surface area contributed by atoms with Crippen LogP contribution in [0.4, 0.5) is 0 Å². The number of nitrogens with zero attached hydrogens (tertiary/aromatic N) is 5. The van der Waals surface area contributed by atoms with Crippen LogP contribution in [0.1, 0.15) is 5.82 Å². The number of rotatable bonds is 3. The predicted molar refractivity (Wildman–Crippen MR) is 75.6 cm³/mol. The quantitative estimate of drug-likeness (QED) is 0.625. The summed E-state index contributed by atoms with van der Waals surface area (Å²) in [7, 11) is 0. The Morgan fingerprint density at radius 3 is 3.00 bits per heavy atom. The number of ether oxygens (including phenoxy) is 1. The maximum Gasteiger partial charge on any atom is 0.191 e. The molecule has 0 aliphatic carbocycles. The van der Waals surface area contributed by atoms with Crippen molar-refractivity contribution in [3.8, 4) is 0 Å². The highest BCUT2D eigenvalue weighted by Gasteiger charge is 2.12. The van der Waals surface area contributed by atoms with Crippen LogP contribution in [0.5, 0.6) is 0 Å². The van der Waals surface area contributed by atoms with Crippen LogP contribution in [0.2, 0.25) is 0 Å². The Hall–Kier alpha value is -2.15. The van der Waals surface area contributed by atoms with Gasteiger partial charge in [0.05, 0.1) is 13.2 Å². The van der Waals surface area contributed by atoms with E-state index in [1.807, 2.05) is 33.7 Å². The molecule has 1 aliphatic heterocycles. The third-order valence-electron chi connectivity index (χ3n) is 3.33. The minimum Gasteiger partial charge on any atom is -0.378 e. The van der Waals surface area contributed by atoms with E-state index in [2.05, 4.69) is 15.2 Å². The molecule has 1 saturated heterocycles. The number of nitrogens with two attached hydrogens (primary N) is 1. The Labute approximate surface area is 117 Å². The third kappa shape index (κ3) is 2.72. The minimum absolute atomic E-state index is 0.585. The molecule has 106 valence electrons. The van der Waals surface area contributed by atoms with Crippen molar-refractivity contribution in [2.45, 2.75) is 6.42 Å². The fourth-order valence-electron chi connectivity index (χ4n) is 2.22. The van der Waals surface area contributed by atoms with Crippen LogP contribution < -0.4 is 5.73 Å². The molecule has 0 aromatic carbocycles. The lowest BCUT2D eigenvalue weighted by Crippen LogP contribution is -2.44. The Kier molecular flexibility index (Phi) is 3.78. The van der Waals surface area contributed by atoms with E-state index in [0.29, 0.717) is 25.7 Å². The summed E-state index contributed by atoms with van der Waals surface area (Å²) >= 11 is 0. The molecule has 20 heavy (non-hydrogen) atoms. The summed E-state index contributed by atoms with van der Waals surface area (Å²) in [6, 6.07) is 5.84. The van der Waals surface area contributed by atoms with Crippen molar-refractivity contribution in [2.75, 3.05) is 32.8 Å². The zero-order chi connectivity index (χ0) is 13.8. The fraction of sp³-hybridized carbons (Fsp3) is 0.462. The maximum atomic E-state index is 5.98. The first-order chi connectivity index (χ1) is 9.84. The molecular formula is C13H18N6O. The molecule has 1 fully saturated rings. The molecule has 2 aromatic heterocycles. The first-order valence-electron chi connectivity index (χ1n) is 6.76. The van der Waals surface area contributed by atoms with Gasteiger partial charge >= 0.3 is 0 Å². The summed E-state index contributed by atoms with van der Waals surface area (Å²) in [5.74, 6) is 1.49. The van der Waals surface area contributed by atoms with Crippen molar-refractivity contribution < 1.29 is 4.74 Å². The summed E-state index contributed by atoms with van der Waals surface area (Å²) < 4.78 is 7.26. The summed E-state index contributed by atoms with van der Waals surface area (Å²) in [5, 5.41) is 8.29. The Balaban J connectivity index is 1.61. The molecular weight excluding hydrogens is 256 g/mol. The van der Waals surface area contributed by atoms with Gasteiger partial charge in [-0.1, -0.05) is 6.07 Å². The highest BCUT2D eigenvalue weighted by molar-refractivity contribution is 5.78. The van der Waals surface area contributed by atoms with Crippen LogP contribution in [0.3, 0.4) is 0 Å². The fourth-order valence-corrected chi connectivity index (χ4v) is 2.22. The molecule has 0 bridgehead atoms. The largest absolute Gasteiger partial charge is 0.378 e. The predicted octanol–water partition coefficient (Wildman–Crippen LogP) is -0.0813. The summed E-state index contributed by atoms with van der Waals surface area (Å²) in [5.41, 5.74) is 6.83. The number of aliphatic imine (C=N–C) groups is 1. The van der Waals surface area contributed by atoms with Crippen molar-refractivity contribution in [1.82, 2.24) is 19.5 Å². The number of hydrogen-bond donors (Lipinski definition) is 1. The van der Waals surface area contributed by atoms with Gasteiger partial charge in [-0.25, -0.2) is 0 Å². The first kappa shape index (κ1) is 12.9. The maximum absolute atomic E-state index is 5.98. The number of aromatic nitrogens is 3. The van der Waals surface area contributed by atoms with Gasteiger partial charge in [-0.05, 0) is 12.1 Å². The highest BCUT2D eigenvalue weighted by Crippen LogP contribution is 2.03. The topological polar surface area (TPSA) is 81.0 Å². The van der Waals surface area contributed by atoms with E-state index < -0.39 is 0 Å². The normalized spacial score (nSPS) is 16.8. The Bertz CT molecular complexity index is 602. The van der Waals surface area contributed by atoms with Gasteiger partial charge in [0, 0.05) is 32.3 Å². The van der Waals surface area contributed by atoms with Crippen molar-refractivity contribution in [3.63, 3.8) is 0 Å². The van der Waals surface area contributed by atoms with E-state index >= 15 is 0 Å². The zero-order valence-corrected chi connectivity index (χ0v) is 11.3. The van der Waals surface area contributed by atoms with E-state index in [9.17, 15) is 0 Å². The number of guanidine groups is 1. The van der Waals surface area contributed by atoms with Gasteiger partial charge in [-0.2, -0.15) is 0 Å². The summed E-state index contributed by atoms with van der Waals surface area (Å²) in [4.78, 5) is 6.46. The number of pyridine rings is 1. The second-order valence-corrected chi connectivity index (χ2v) is 4.63. The van der Waals surface area contributed by atoms with Crippen LogP contribution in [0.25, 0.3) is 5.65 Å². The molecule has 2 N–H and O–H groups in total.